The Kier molecular flexibility index (Phi) is 2.49. The molecule has 1 heterocycles. The second-order valence-corrected chi connectivity index (χ2v) is 4.95. The van der Waals surface area contributed by atoms with Crippen LogP contribution in [0.1, 0.15) is 26.6 Å². The first-order chi connectivity index (χ1) is 7.79. The van der Waals surface area contributed by atoms with Crippen LogP contribution < -0.4 is 5.56 Å². The van der Waals surface area contributed by atoms with E-state index in [0.717, 1.165) is 6.07 Å². The van der Waals surface area contributed by atoms with Gasteiger partial charge in [-0.15, -0.1) is 0 Å². The molecule has 0 bridgehead atoms. The highest BCUT2D eigenvalue weighted by Gasteiger charge is 2.19. The fraction of sp³-hybridized carbons (Fsp3) is 0.333. The monoisotopic (exact) mass is 238 g/mol. The molecule has 0 saturated heterocycles. The minimum Gasteiger partial charge on any atom is -0.309 e. The molecule has 0 aliphatic heterocycles. The highest BCUT2D eigenvalue weighted by Crippen LogP contribution is 2.20. The molecule has 0 spiro atoms. The number of H-pyrrole nitrogens is 1. The predicted molar refractivity (Wildman–Crippen MR) is 61.0 cm³/mol. The van der Waals surface area contributed by atoms with E-state index in [-0.39, 0.29) is 10.9 Å². The van der Waals surface area contributed by atoms with Crippen LogP contribution in [0.2, 0.25) is 0 Å². The minimum atomic E-state index is -0.894. The number of hydrogen-bond donors (Lipinski definition) is 1. The summed E-state index contributed by atoms with van der Waals surface area (Å²) in [4.78, 5) is 18.3. The van der Waals surface area contributed by atoms with Gasteiger partial charge in [-0.3, -0.25) is 4.79 Å². The number of hydrogen-bond acceptors (Lipinski definition) is 2. The molecule has 2 aromatic rings. The van der Waals surface area contributed by atoms with E-state index in [9.17, 15) is 13.6 Å². The van der Waals surface area contributed by atoms with Crippen LogP contribution in [0.25, 0.3) is 10.9 Å². The third-order valence-corrected chi connectivity index (χ3v) is 2.44. The number of nitrogens with one attached hydrogen (secondary N) is 1. The van der Waals surface area contributed by atoms with E-state index in [0.29, 0.717) is 11.9 Å². The zero-order valence-corrected chi connectivity index (χ0v) is 9.77. The molecular formula is C12H12F2N2O. The zero-order chi connectivity index (χ0) is 12.8. The SMILES string of the molecule is CC(C)(C)c1nc2cc(F)cc(F)c2c(=O)[nH]1. The largest absolute Gasteiger partial charge is 0.309 e. The lowest BCUT2D eigenvalue weighted by Gasteiger charge is -2.17. The molecule has 0 saturated carbocycles. The Morgan fingerprint density at radius 3 is 2.47 bits per heavy atom. The number of rotatable bonds is 0. The molecule has 0 radical (unpaired) electrons. The van der Waals surface area contributed by atoms with Crippen LogP contribution in [0.4, 0.5) is 8.78 Å². The summed E-state index contributed by atoms with van der Waals surface area (Å²) in [5.74, 6) is -1.23. The summed E-state index contributed by atoms with van der Waals surface area (Å²) < 4.78 is 26.5. The van der Waals surface area contributed by atoms with Gasteiger partial charge in [-0.1, -0.05) is 20.8 Å². The molecule has 3 nitrogen and oxygen atoms in total. The number of halogens is 2. The number of aromatic nitrogens is 2. The van der Waals surface area contributed by atoms with Crippen molar-refractivity contribution in [1.29, 1.82) is 0 Å². The van der Waals surface area contributed by atoms with Gasteiger partial charge in [0, 0.05) is 17.5 Å². The fourth-order valence-corrected chi connectivity index (χ4v) is 1.55. The average molecular weight is 238 g/mol. The van der Waals surface area contributed by atoms with Crippen molar-refractivity contribution in [2.45, 2.75) is 26.2 Å². The van der Waals surface area contributed by atoms with E-state index in [1.807, 2.05) is 20.8 Å². The molecule has 0 fully saturated rings. The Balaban J connectivity index is 2.87. The van der Waals surface area contributed by atoms with Crippen molar-refractivity contribution in [1.82, 2.24) is 9.97 Å². The van der Waals surface area contributed by atoms with Crippen molar-refractivity contribution >= 4 is 10.9 Å². The van der Waals surface area contributed by atoms with Crippen LogP contribution >= 0.6 is 0 Å². The van der Waals surface area contributed by atoms with Crippen molar-refractivity contribution in [2.24, 2.45) is 0 Å². The fourth-order valence-electron chi connectivity index (χ4n) is 1.55. The number of benzene rings is 1. The van der Waals surface area contributed by atoms with Gasteiger partial charge in [0.2, 0.25) is 0 Å². The predicted octanol–water partition coefficient (Wildman–Crippen LogP) is 2.50. The molecule has 0 aliphatic rings. The number of fused-ring (bicyclic) bond motifs is 1. The van der Waals surface area contributed by atoms with E-state index in [1.165, 1.54) is 0 Å². The maximum absolute atomic E-state index is 13.4. The summed E-state index contributed by atoms with van der Waals surface area (Å²) in [5.41, 5.74) is -0.940. The Hall–Kier alpha value is -1.78. The Bertz CT molecular complexity index is 641. The van der Waals surface area contributed by atoms with Gasteiger partial charge in [-0.25, -0.2) is 13.8 Å². The minimum absolute atomic E-state index is 0.0381. The van der Waals surface area contributed by atoms with E-state index < -0.39 is 22.6 Å². The number of aromatic amines is 1. The molecule has 0 aliphatic carbocycles. The summed E-state index contributed by atoms with van der Waals surface area (Å²) in [6.07, 6.45) is 0. The lowest BCUT2D eigenvalue weighted by Crippen LogP contribution is -2.22. The van der Waals surface area contributed by atoms with Crippen molar-refractivity contribution in [3.05, 3.63) is 39.9 Å². The van der Waals surface area contributed by atoms with Gasteiger partial charge in [0.05, 0.1) is 5.52 Å². The molecule has 0 atom stereocenters. The summed E-state index contributed by atoms with van der Waals surface area (Å²) >= 11 is 0. The van der Waals surface area contributed by atoms with Crippen molar-refractivity contribution in [2.75, 3.05) is 0 Å². The van der Waals surface area contributed by atoms with E-state index >= 15 is 0 Å². The van der Waals surface area contributed by atoms with Crippen molar-refractivity contribution in [3.63, 3.8) is 0 Å². The molecule has 90 valence electrons. The standard InChI is InChI=1S/C12H12F2N2O/c1-12(2,3)11-15-8-5-6(13)4-7(14)9(8)10(17)16-11/h4-5H,1-3H3,(H,15,16,17). The maximum Gasteiger partial charge on any atom is 0.261 e. The van der Waals surface area contributed by atoms with Crippen molar-refractivity contribution in [3.8, 4) is 0 Å². The first-order valence-electron chi connectivity index (χ1n) is 5.18. The molecular weight excluding hydrogens is 226 g/mol. The molecule has 2 rings (SSSR count). The molecule has 1 N–H and O–H groups in total. The van der Waals surface area contributed by atoms with Crippen LogP contribution in [0.15, 0.2) is 16.9 Å². The maximum atomic E-state index is 13.4. The summed E-state index contributed by atoms with van der Waals surface area (Å²) in [6, 6.07) is 1.74. The molecule has 1 aromatic carbocycles. The Morgan fingerprint density at radius 1 is 1.24 bits per heavy atom. The molecule has 17 heavy (non-hydrogen) atoms. The van der Waals surface area contributed by atoms with Crippen molar-refractivity contribution < 1.29 is 8.78 Å². The van der Waals surface area contributed by atoms with E-state index in [1.54, 1.807) is 0 Å². The first-order valence-corrected chi connectivity index (χ1v) is 5.18. The molecule has 1 aromatic heterocycles. The lowest BCUT2D eigenvalue weighted by atomic mass is 9.95. The smallest absolute Gasteiger partial charge is 0.261 e. The Labute approximate surface area is 96.5 Å². The van der Waals surface area contributed by atoms with Gasteiger partial charge >= 0.3 is 0 Å². The van der Waals surface area contributed by atoms with Crippen LogP contribution in [0.3, 0.4) is 0 Å². The number of nitrogens with zero attached hydrogens (tertiary/aromatic N) is 1. The lowest BCUT2D eigenvalue weighted by molar-refractivity contribution is 0.544. The molecule has 5 heteroatoms. The average Bonchev–Trinajstić information content (AvgIpc) is 2.13. The quantitative estimate of drug-likeness (QED) is 0.766. The van der Waals surface area contributed by atoms with Gasteiger partial charge in [0.1, 0.15) is 22.8 Å². The van der Waals surface area contributed by atoms with Crippen LogP contribution in [0.5, 0.6) is 0 Å². The third kappa shape index (κ3) is 2.05. The first kappa shape index (κ1) is 11.7. The van der Waals surface area contributed by atoms with Gasteiger partial charge in [-0.05, 0) is 0 Å². The van der Waals surface area contributed by atoms with Gasteiger partial charge in [0.25, 0.3) is 5.56 Å². The van der Waals surface area contributed by atoms with Gasteiger partial charge < -0.3 is 4.98 Å². The zero-order valence-electron chi connectivity index (χ0n) is 9.77. The van der Waals surface area contributed by atoms with Gasteiger partial charge in [0.15, 0.2) is 0 Å². The summed E-state index contributed by atoms with van der Waals surface area (Å²) in [7, 11) is 0. The van der Waals surface area contributed by atoms with Crippen LogP contribution in [0, 0.1) is 11.6 Å². The van der Waals surface area contributed by atoms with Crippen LogP contribution in [-0.2, 0) is 5.41 Å². The van der Waals surface area contributed by atoms with Gasteiger partial charge in [-0.2, -0.15) is 0 Å². The molecule has 0 amide bonds. The topological polar surface area (TPSA) is 45.8 Å². The highest BCUT2D eigenvalue weighted by molar-refractivity contribution is 5.78. The van der Waals surface area contributed by atoms with E-state index in [4.69, 9.17) is 0 Å². The van der Waals surface area contributed by atoms with Crippen LogP contribution in [-0.4, -0.2) is 9.97 Å². The normalized spacial score (nSPS) is 12.1. The summed E-state index contributed by atoms with van der Waals surface area (Å²) in [5, 5.41) is -0.209. The third-order valence-electron chi connectivity index (χ3n) is 2.44. The Morgan fingerprint density at radius 2 is 1.88 bits per heavy atom. The second kappa shape index (κ2) is 3.61. The summed E-state index contributed by atoms with van der Waals surface area (Å²) in [6.45, 7) is 5.56. The second-order valence-electron chi connectivity index (χ2n) is 4.95. The highest BCUT2D eigenvalue weighted by atomic mass is 19.1. The van der Waals surface area contributed by atoms with E-state index in [2.05, 4.69) is 9.97 Å². The molecule has 0 unspecified atom stereocenters.